The van der Waals surface area contributed by atoms with Crippen LogP contribution >= 0.6 is 15.9 Å². The Morgan fingerprint density at radius 2 is 2.12 bits per heavy atom. The minimum atomic E-state index is -0.425. The molecule has 0 amide bonds. The number of hydrogen-bond donors (Lipinski definition) is 0. The van der Waals surface area contributed by atoms with Crippen molar-refractivity contribution in [3.05, 3.63) is 32.6 Å². The summed E-state index contributed by atoms with van der Waals surface area (Å²) in [7, 11) is 0. The molecule has 0 aliphatic carbocycles. The molecule has 0 aliphatic rings. The molecule has 0 bridgehead atoms. The van der Waals surface area contributed by atoms with Crippen molar-refractivity contribution in [2.24, 2.45) is 4.99 Å². The Morgan fingerprint density at radius 3 is 2.65 bits per heavy atom. The van der Waals surface area contributed by atoms with Crippen molar-refractivity contribution in [3.63, 3.8) is 0 Å². The van der Waals surface area contributed by atoms with Gasteiger partial charge >= 0.3 is 0 Å². The fourth-order valence-corrected chi connectivity index (χ4v) is 2.23. The van der Waals surface area contributed by atoms with Gasteiger partial charge in [-0.1, -0.05) is 35.9 Å². The van der Waals surface area contributed by atoms with Gasteiger partial charge in [-0.3, -0.25) is 0 Å². The first-order valence-corrected chi connectivity index (χ1v) is 6.56. The summed E-state index contributed by atoms with van der Waals surface area (Å²) in [5.41, 5.74) is 1.25. The van der Waals surface area contributed by atoms with Crippen LogP contribution in [0.25, 0.3) is 12.3 Å². The van der Waals surface area contributed by atoms with Crippen molar-refractivity contribution in [2.75, 3.05) is 0 Å². The number of halogens is 2. The summed E-state index contributed by atoms with van der Waals surface area (Å²) >= 11 is 3.47. The van der Waals surface area contributed by atoms with Crippen LogP contribution in [0.5, 0.6) is 0 Å². The Hall–Kier alpha value is -0.960. The van der Waals surface area contributed by atoms with E-state index in [0.717, 1.165) is 27.8 Å². The van der Waals surface area contributed by atoms with E-state index in [1.165, 1.54) is 12.5 Å². The van der Waals surface area contributed by atoms with Gasteiger partial charge in [0.05, 0.1) is 0 Å². The molecular weight excluding hydrogens is 281 g/mol. The summed E-state index contributed by atoms with van der Waals surface area (Å²) in [6, 6.07) is 4.07. The van der Waals surface area contributed by atoms with Crippen molar-refractivity contribution < 1.29 is 4.39 Å². The highest BCUT2D eigenvalue weighted by Gasteiger charge is 1.97. The maximum Gasteiger partial charge on any atom is 0.185 e. The van der Waals surface area contributed by atoms with E-state index in [1.807, 2.05) is 6.07 Å². The molecule has 92 valence electrons. The number of aryl methyl sites for hydroxylation is 1. The van der Waals surface area contributed by atoms with E-state index in [-0.39, 0.29) is 0 Å². The molecule has 0 heterocycles. The number of benzene rings is 1. The summed E-state index contributed by atoms with van der Waals surface area (Å²) in [5, 5.41) is 2.11. The summed E-state index contributed by atoms with van der Waals surface area (Å²) in [4.78, 5) is 3.74. The molecule has 0 unspecified atom stereocenters. The second-order valence-electron chi connectivity index (χ2n) is 3.79. The molecule has 0 aliphatic heterocycles. The predicted octanol–water partition coefficient (Wildman–Crippen LogP) is 3.33. The first kappa shape index (κ1) is 14.1. The Morgan fingerprint density at radius 1 is 1.41 bits per heavy atom. The molecule has 3 heteroatoms. The predicted molar refractivity (Wildman–Crippen MR) is 76.2 cm³/mol. The zero-order valence-corrected chi connectivity index (χ0v) is 12.0. The Labute approximate surface area is 110 Å². The monoisotopic (exact) mass is 297 g/mol. The quantitative estimate of drug-likeness (QED) is 0.759. The molecule has 0 atom stereocenters. The number of hydrogen-bond acceptors (Lipinski definition) is 1. The van der Waals surface area contributed by atoms with Gasteiger partial charge in [-0.25, -0.2) is 4.99 Å². The Bertz CT molecular complexity index is 528. The average molecular weight is 298 g/mol. The largest absolute Gasteiger partial charge is 0.232 e. The van der Waals surface area contributed by atoms with Crippen molar-refractivity contribution in [2.45, 2.75) is 33.6 Å². The van der Waals surface area contributed by atoms with Crippen molar-refractivity contribution in [1.29, 1.82) is 0 Å². The van der Waals surface area contributed by atoms with Crippen LogP contribution in [0, 0.1) is 0 Å². The van der Waals surface area contributed by atoms with Crippen LogP contribution in [0.4, 0.5) is 4.39 Å². The summed E-state index contributed by atoms with van der Waals surface area (Å²) < 4.78 is 13.7. The van der Waals surface area contributed by atoms with Crippen molar-refractivity contribution >= 4 is 34.2 Å². The molecule has 0 saturated carbocycles. The van der Waals surface area contributed by atoms with Gasteiger partial charge in [-0.05, 0) is 35.8 Å². The van der Waals surface area contributed by atoms with E-state index >= 15 is 0 Å². The van der Waals surface area contributed by atoms with Gasteiger partial charge < -0.3 is 0 Å². The molecule has 0 N–H and O–H groups in total. The van der Waals surface area contributed by atoms with Crippen molar-refractivity contribution in [3.8, 4) is 0 Å². The van der Waals surface area contributed by atoms with Gasteiger partial charge in [0.25, 0.3) is 0 Å². The second-order valence-corrected chi connectivity index (χ2v) is 4.70. The van der Waals surface area contributed by atoms with Crippen LogP contribution in [0.15, 0.2) is 21.6 Å². The van der Waals surface area contributed by atoms with E-state index in [0.29, 0.717) is 0 Å². The fourth-order valence-electron chi connectivity index (χ4n) is 1.71. The van der Waals surface area contributed by atoms with E-state index < -0.39 is 5.97 Å². The molecule has 1 aromatic carbocycles. The molecule has 0 radical (unpaired) electrons. The standard InChI is InChI=1S/C14H17BrFN/c1-4-6-14-11(5-2)7-13(15)8-12(14)9-17-10(3)16/h6-9H,4-5H2,1-3H3/b12-9-,14-6+,17-10?. The van der Waals surface area contributed by atoms with Gasteiger partial charge in [0.2, 0.25) is 0 Å². The highest BCUT2D eigenvalue weighted by molar-refractivity contribution is 9.10. The van der Waals surface area contributed by atoms with Crippen LogP contribution in [0.1, 0.15) is 32.8 Å². The Balaban J connectivity index is 3.58. The van der Waals surface area contributed by atoms with Gasteiger partial charge in [0.15, 0.2) is 5.97 Å². The first-order valence-electron chi connectivity index (χ1n) is 5.77. The highest BCUT2D eigenvalue weighted by atomic mass is 79.9. The average Bonchev–Trinajstić information content (AvgIpc) is 2.28. The summed E-state index contributed by atoms with van der Waals surface area (Å²) in [5.74, 6) is -0.425. The molecule has 17 heavy (non-hydrogen) atoms. The van der Waals surface area contributed by atoms with E-state index in [2.05, 4.69) is 46.9 Å². The number of aliphatic imine (C=N–C) groups is 1. The van der Waals surface area contributed by atoms with E-state index in [1.54, 1.807) is 6.20 Å². The topological polar surface area (TPSA) is 12.4 Å². The fraction of sp³-hybridized carbons (Fsp3) is 0.357. The SMILES string of the molecule is CC/C=c1\c(CC)cc(Br)c\c1=C\N=C(C)F. The van der Waals surface area contributed by atoms with Gasteiger partial charge in [-0.15, -0.1) is 0 Å². The van der Waals surface area contributed by atoms with Crippen LogP contribution in [0.2, 0.25) is 0 Å². The molecule has 0 fully saturated rings. The summed E-state index contributed by atoms with van der Waals surface area (Å²) in [6.07, 6.45) is 5.64. The number of rotatable bonds is 3. The van der Waals surface area contributed by atoms with Gasteiger partial charge in [-0.2, -0.15) is 4.39 Å². The Kier molecular flexibility index (Phi) is 5.56. The molecule has 1 nitrogen and oxygen atoms in total. The maximum atomic E-state index is 12.7. The molecule has 0 saturated heterocycles. The van der Waals surface area contributed by atoms with E-state index in [4.69, 9.17) is 0 Å². The van der Waals surface area contributed by atoms with Gasteiger partial charge in [0.1, 0.15) is 0 Å². The smallest absolute Gasteiger partial charge is 0.185 e. The zero-order chi connectivity index (χ0) is 12.8. The molecular formula is C14H17BrFN. The molecule has 1 aromatic rings. The van der Waals surface area contributed by atoms with Gasteiger partial charge in [0, 0.05) is 22.8 Å². The third-order valence-electron chi connectivity index (χ3n) is 2.43. The third kappa shape index (κ3) is 4.08. The lowest BCUT2D eigenvalue weighted by atomic mass is 10.1. The highest BCUT2D eigenvalue weighted by Crippen LogP contribution is 2.06. The third-order valence-corrected chi connectivity index (χ3v) is 2.89. The minimum Gasteiger partial charge on any atom is -0.232 e. The summed E-state index contributed by atoms with van der Waals surface area (Å²) in [6.45, 7) is 5.55. The van der Waals surface area contributed by atoms with E-state index in [9.17, 15) is 4.39 Å². The lowest BCUT2D eigenvalue weighted by Gasteiger charge is -2.01. The molecule has 0 aromatic heterocycles. The molecule has 0 spiro atoms. The van der Waals surface area contributed by atoms with Crippen LogP contribution in [-0.4, -0.2) is 5.97 Å². The van der Waals surface area contributed by atoms with Crippen LogP contribution < -0.4 is 10.4 Å². The number of nitrogens with zero attached hydrogens (tertiary/aromatic N) is 1. The minimum absolute atomic E-state index is 0.425. The second kappa shape index (κ2) is 6.70. The van der Waals surface area contributed by atoms with Crippen LogP contribution in [-0.2, 0) is 6.42 Å². The lowest BCUT2D eigenvalue weighted by Crippen LogP contribution is -2.28. The maximum absolute atomic E-state index is 12.7. The van der Waals surface area contributed by atoms with Crippen LogP contribution in [0.3, 0.4) is 0 Å². The van der Waals surface area contributed by atoms with Crippen molar-refractivity contribution in [1.82, 2.24) is 0 Å². The first-order chi connectivity index (χ1) is 8.08. The molecule has 1 rings (SSSR count). The normalized spacial score (nSPS) is 14.5. The lowest BCUT2D eigenvalue weighted by molar-refractivity contribution is 0.800. The zero-order valence-electron chi connectivity index (χ0n) is 10.4.